The number of rotatable bonds is 15. The van der Waals surface area contributed by atoms with Crippen LogP contribution in [0.25, 0.3) is 0 Å². The van der Waals surface area contributed by atoms with E-state index in [0.29, 0.717) is 19.4 Å². The fourth-order valence-electron chi connectivity index (χ4n) is 3.10. The van der Waals surface area contributed by atoms with Crippen LogP contribution in [0.1, 0.15) is 65.6 Å². The number of unbranched alkanes of at least 4 members (excludes halogenated alkanes) is 3. The van der Waals surface area contributed by atoms with Crippen LogP contribution in [-0.4, -0.2) is 123 Å². The van der Waals surface area contributed by atoms with Crippen LogP contribution in [0.3, 0.4) is 0 Å². The molecule has 0 aromatic carbocycles. The number of alkyl halides is 2. The second kappa shape index (κ2) is 38.2. The Balaban J connectivity index is -0.000000118. The Morgan fingerprint density at radius 3 is 1.71 bits per heavy atom. The van der Waals surface area contributed by atoms with Gasteiger partial charge < -0.3 is 57.9 Å². The quantitative estimate of drug-likeness (QED) is 0.0366. The average Bonchev–Trinajstić information content (AvgIpc) is 3.54. The van der Waals surface area contributed by atoms with E-state index >= 15 is 0 Å². The third kappa shape index (κ3) is 44.9. The first-order valence-electron chi connectivity index (χ1n) is 14.2. The minimum Gasteiger partial charge on any atom is -1.00 e. The van der Waals surface area contributed by atoms with Crippen molar-refractivity contribution in [3.8, 4) is 0 Å². The van der Waals surface area contributed by atoms with Gasteiger partial charge in [-0.25, -0.2) is 0 Å². The van der Waals surface area contributed by atoms with E-state index in [2.05, 4.69) is 58.2 Å². The van der Waals surface area contributed by atoms with Gasteiger partial charge in [-0.3, -0.25) is 15.5 Å². The van der Waals surface area contributed by atoms with E-state index < -0.39 is 7.15 Å². The molecule has 15 heteroatoms. The Morgan fingerprint density at radius 1 is 0.929 bits per heavy atom. The van der Waals surface area contributed by atoms with Gasteiger partial charge in [-0.15, -0.1) is 0 Å². The molecule has 0 bridgehead atoms. The molecule has 2 aliphatic rings. The molecule has 6 nitrogen and oxygen atoms in total. The summed E-state index contributed by atoms with van der Waals surface area (Å²) in [5, 5.41) is 2.78. The molecule has 2 aliphatic heterocycles. The molecule has 0 saturated carbocycles. The number of quaternary nitrogens is 2. The van der Waals surface area contributed by atoms with Crippen LogP contribution in [-0.2, 0) is 14.3 Å². The van der Waals surface area contributed by atoms with Crippen LogP contribution in [0.5, 0.6) is 0 Å². The monoisotopic (exact) mass is 880 g/mol. The maximum atomic E-state index is 11.5. The molecule has 2 saturated heterocycles. The molecule has 2 heterocycles. The molecule has 0 aliphatic carbocycles. The van der Waals surface area contributed by atoms with Gasteiger partial charge in [0.25, 0.3) is 0 Å². The third-order valence-corrected chi connectivity index (χ3v) is 11.8. The molecule has 0 spiro atoms. The maximum Gasteiger partial charge on any atom is 1.00 e. The van der Waals surface area contributed by atoms with Crippen molar-refractivity contribution in [2.75, 3.05) is 86.0 Å². The van der Waals surface area contributed by atoms with Crippen LogP contribution in [0, 0.1) is 0 Å². The number of carbonyl (C=O) groups is 1. The Labute approximate surface area is 326 Å². The van der Waals surface area contributed by atoms with Crippen molar-refractivity contribution < 1.29 is 98.0 Å². The number of hydrogen-bond acceptors (Lipinski definition) is 8. The van der Waals surface area contributed by atoms with Gasteiger partial charge in [0.1, 0.15) is 13.2 Å². The summed E-state index contributed by atoms with van der Waals surface area (Å²) in [5.74, 6) is 2.58. The van der Waals surface area contributed by atoms with E-state index in [1.807, 2.05) is 49.5 Å². The molecule has 0 aromatic heterocycles. The predicted molar refractivity (Wildman–Crippen MR) is 179 cm³/mol. The number of ether oxygens (including phenoxy) is 1. The van der Waals surface area contributed by atoms with E-state index in [4.69, 9.17) is 6.11 Å². The Morgan fingerprint density at radius 2 is 1.38 bits per heavy atom. The van der Waals surface area contributed by atoms with Crippen molar-refractivity contribution in [3.05, 3.63) is 0 Å². The minimum atomic E-state index is -1.00. The Bertz CT molecular complexity index is 595. The summed E-state index contributed by atoms with van der Waals surface area (Å²) < 4.78 is 22.6. The molecule has 0 aromatic rings. The second-order valence-electron chi connectivity index (χ2n) is 11.2. The zero-order chi connectivity index (χ0) is 30.0. The molecule has 0 unspecified atom stereocenters. The van der Waals surface area contributed by atoms with Gasteiger partial charge in [0.2, 0.25) is 0 Å². The minimum absolute atomic E-state index is 0. The van der Waals surface area contributed by atoms with Crippen LogP contribution >= 0.6 is 59.1 Å². The van der Waals surface area contributed by atoms with Gasteiger partial charge in [0, 0.05) is 28.4 Å². The summed E-state index contributed by atoms with van der Waals surface area (Å²) >= 11 is 3.37. The zero-order valence-corrected chi connectivity index (χ0v) is 36.9. The van der Waals surface area contributed by atoms with Crippen molar-refractivity contribution in [3.63, 3.8) is 0 Å². The molecule has 252 valence electrons. The zero-order valence-electron chi connectivity index (χ0n) is 27.9. The predicted octanol–water partition coefficient (Wildman–Crippen LogP) is -1.73. The number of nitrogens with zero attached hydrogens (tertiary/aromatic N) is 2. The molecular formula is C27H56Br3FN2NaO4S4-. The first-order valence-corrected chi connectivity index (χ1v) is 19.4. The van der Waals surface area contributed by atoms with Gasteiger partial charge in [-0.1, -0.05) is 78.4 Å². The van der Waals surface area contributed by atoms with Crippen molar-refractivity contribution in [2.24, 2.45) is 0 Å². The molecule has 42 heavy (non-hydrogen) atoms. The SMILES string of the molecule is C[N+](C)(C)CCBr.C[N+](C)(C)CCOC(=O)CCCC[C@@H]1CCSS1.O=[C-]CCCC[C@@H]1CCSS1.[2H]CF.[Br-].[Br-].[Na+].[OH-]. The number of carbonyl (C=O) groups excluding carboxylic acids is 2. The number of esters is 1. The van der Waals surface area contributed by atoms with Crippen LogP contribution in [0.2, 0.25) is 0 Å². The van der Waals surface area contributed by atoms with Gasteiger partial charge in [0.15, 0.2) is 0 Å². The van der Waals surface area contributed by atoms with E-state index in [0.717, 1.165) is 50.6 Å². The molecule has 2 rings (SSSR count). The molecule has 0 amide bonds. The molecule has 2 atom stereocenters. The third-order valence-electron chi connectivity index (χ3n) is 5.45. The number of hydrogen-bond donors (Lipinski definition) is 0. The molecular weight excluding hydrogens is 826 g/mol. The van der Waals surface area contributed by atoms with Crippen molar-refractivity contribution in [1.29, 1.82) is 0 Å². The standard InChI is InChI=1S/C13H26NO2S2.C8H13OS2.C5H13BrN.CH3F.2BrH.Na.H2O/c1-14(2,3)9-10-16-13(15)7-5-4-6-12-8-11-17-18-12;9-6-3-1-2-4-8-5-7-10-11-8;1-7(2,3)5-4-6;1-2;;;;/h12H,4-11H2,1-3H3;8H,1-5,7H2;4-5H2,1-3H3;1H3;2*1H;;1H2/q+1;-1;+1;;;;+1;/p-3/t12-;8-;;;;;;/m11....../s1/i;;;1D;;;;. The first kappa shape index (κ1) is 54.2. The fraction of sp³-hybridized carbons (Fsp3) is 0.926. The van der Waals surface area contributed by atoms with E-state index in [-0.39, 0.29) is 75.0 Å². The summed E-state index contributed by atoms with van der Waals surface area (Å²) in [6, 6.07) is 0. The fourth-order valence-corrected chi connectivity index (χ4v) is 10.2. The van der Waals surface area contributed by atoms with Crippen LogP contribution in [0.15, 0.2) is 0 Å². The largest absolute Gasteiger partial charge is 1.00 e. The topological polar surface area (TPSA) is 73.4 Å². The summed E-state index contributed by atoms with van der Waals surface area (Å²) in [6.07, 6.45) is 12.8. The van der Waals surface area contributed by atoms with E-state index in [1.165, 1.54) is 50.2 Å². The maximum absolute atomic E-state index is 11.5. The van der Waals surface area contributed by atoms with Gasteiger partial charge >= 0.3 is 35.5 Å². The van der Waals surface area contributed by atoms with Crippen LogP contribution in [0.4, 0.5) is 4.39 Å². The second-order valence-corrected chi connectivity index (χ2v) is 17.6. The summed E-state index contributed by atoms with van der Waals surface area (Å²) in [5.41, 5.74) is 0. The van der Waals surface area contributed by atoms with E-state index in [1.54, 1.807) is 0 Å². The normalized spacial score (nSPS) is 17.3. The summed E-state index contributed by atoms with van der Waals surface area (Å²) in [6.45, 7) is 2.61. The van der Waals surface area contributed by atoms with Gasteiger partial charge in [-0.05, 0) is 32.1 Å². The number of halogens is 4. The number of likely N-dealkylation sites (N-methyl/N-ethyl adjacent to an activating group) is 1. The van der Waals surface area contributed by atoms with Gasteiger partial charge in [0.05, 0.1) is 62.7 Å². The van der Waals surface area contributed by atoms with Gasteiger partial charge in [-0.2, -0.15) is 6.42 Å². The summed E-state index contributed by atoms with van der Waals surface area (Å²) in [7, 11) is 19.9. The smallest absolute Gasteiger partial charge is 1.00 e. The molecule has 1 N–H and O–H groups in total. The molecule has 2 fully saturated rings. The average molecular weight is 884 g/mol. The van der Waals surface area contributed by atoms with Crippen molar-refractivity contribution in [1.82, 2.24) is 0 Å². The van der Waals surface area contributed by atoms with E-state index in [9.17, 15) is 14.0 Å². The Kier molecular flexibility index (Phi) is 49.4. The molecule has 0 radical (unpaired) electrons. The first-order chi connectivity index (χ1) is 18.4. The van der Waals surface area contributed by atoms with Crippen molar-refractivity contribution in [2.45, 2.75) is 74.7 Å². The van der Waals surface area contributed by atoms with Crippen LogP contribution < -0.4 is 63.5 Å². The van der Waals surface area contributed by atoms with Crippen molar-refractivity contribution >= 4 is 71.4 Å². The Hall–Kier alpha value is 2.79. The summed E-state index contributed by atoms with van der Waals surface area (Å²) in [4.78, 5) is 21.4.